The second-order valence-corrected chi connectivity index (χ2v) is 5.61. The number of carboxylic acid groups (broad SMARTS) is 1. The Morgan fingerprint density at radius 2 is 2.00 bits per heavy atom. The second kappa shape index (κ2) is 6.77. The first-order chi connectivity index (χ1) is 8.81. The normalized spacial score (nSPS) is 12.1. The summed E-state index contributed by atoms with van der Waals surface area (Å²) in [4.78, 5) is 22.7. The summed E-state index contributed by atoms with van der Waals surface area (Å²) in [6.07, 6.45) is 0. The number of urea groups is 1. The Bertz CT molecular complexity index is 494. The largest absolute Gasteiger partial charge is 0.480 e. The van der Waals surface area contributed by atoms with Gasteiger partial charge >= 0.3 is 12.0 Å². The van der Waals surface area contributed by atoms with E-state index in [0.717, 1.165) is 4.47 Å². The number of aliphatic carboxylic acids is 1. The highest BCUT2D eigenvalue weighted by Gasteiger charge is 2.23. The van der Waals surface area contributed by atoms with Gasteiger partial charge in [-0.25, -0.2) is 9.59 Å². The first-order valence-electron chi connectivity index (χ1n) is 5.56. The maximum absolute atomic E-state index is 11.7. The summed E-state index contributed by atoms with van der Waals surface area (Å²) in [5.41, 5.74) is 0.404. The van der Waals surface area contributed by atoms with Gasteiger partial charge < -0.3 is 15.7 Å². The highest BCUT2D eigenvalue weighted by Crippen LogP contribution is 2.25. The van der Waals surface area contributed by atoms with E-state index in [4.69, 9.17) is 16.7 Å². The van der Waals surface area contributed by atoms with Gasteiger partial charge in [-0.3, -0.25) is 0 Å². The van der Waals surface area contributed by atoms with Crippen LogP contribution in [0.1, 0.15) is 13.8 Å². The van der Waals surface area contributed by atoms with Gasteiger partial charge in [0.15, 0.2) is 0 Å². The van der Waals surface area contributed by atoms with Crippen molar-refractivity contribution in [3.05, 3.63) is 27.7 Å². The molecule has 19 heavy (non-hydrogen) atoms. The number of carbonyl (C=O) groups excluding carboxylic acids is 1. The molecule has 1 aromatic rings. The van der Waals surface area contributed by atoms with Crippen molar-refractivity contribution in [2.24, 2.45) is 5.92 Å². The van der Waals surface area contributed by atoms with Crippen molar-refractivity contribution in [2.45, 2.75) is 19.9 Å². The van der Waals surface area contributed by atoms with Crippen molar-refractivity contribution in [2.75, 3.05) is 5.32 Å². The highest BCUT2D eigenvalue weighted by atomic mass is 79.9. The van der Waals surface area contributed by atoms with E-state index >= 15 is 0 Å². The number of carbonyl (C=O) groups is 2. The first kappa shape index (κ1) is 15.8. The minimum absolute atomic E-state index is 0.221. The molecule has 1 atom stereocenters. The molecule has 0 saturated carbocycles. The third-order valence-electron chi connectivity index (χ3n) is 2.40. The minimum Gasteiger partial charge on any atom is -0.480 e. The van der Waals surface area contributed by atoms with Crippen LogP contribution >= 0.6 is 27.5 Å². The van der Waals surface area contributed by atoms with E-state index < -0.39 is 18.0 Å². The fraction of sp³-hybridized carbons (Fsp3) is 0.333. The molecule has 0 fully saturated rings. The van der Waals surface area contributed by atoms with E-state index in [9.17, 15) is 9.59 Å². The number of nitrogens with one attached hydrogen (secondary N) is 2. The van der Waals surface area contributed by atoms with Gasteiger partial charge in [-0.2, -0.15) is 0 Å². The van der Waals surface area contributed by atoms with Crippen LogP contribution in [-0.2, 0) is 4.79 Å². The Hall–Kier alpha value is -1.27. The fourth-order valence-electron chi connectivity index (χ4n) is 1.41. The van der Waals surface area contributed by atoms with E-state index in [1.807, 2.05) is 0 Å². The van der Waals surface area contributed by atoms with Gasteiger partial charge in [0.2, 0.25) is 0 Å². The summed E-state index contributed by atoms with van der Waals surface area (Å²) >= 11 is 9.18. The average Bonchev–Trinajstić information content (AvgIpc) is 2.30. The summed E-state index contributed by atoms with van der Waals surface area (Å²) in [6.45, 7) is 3.43. The van der Waals surface area contributed by atoms with Crippen molar-refractivity contribution in [3.63, 3.8) is 0 Å². The number of hydrogen-bond donors (Lipinski definition) is 3. The Kier molecular flexibility index (Phi) is 5.62. The molecular formula is C12H14BrClN2O3. The maximum Gasteiger partial charge on any atom is 0.326 e. The molecule has 1 aromatic carbocycles. The minimum atomic E-state index is -1.08. The van der Waals surface area contributed by atoms with Crippen molar-refractivity contribution in [3.8, 4) is 0 Å². The molecule has 0 bridgehead atoms. The van der Waals surface area contributed by atoms with E-state index in [1.54, 1.807) is 32.0 Å². The zero-order chi connectivity index (χ0) is 14.6. The number of rotatable bonds is 4. The van der Waals surface area contributed by atoms with E-state index in [2.05, 4.69) is 26.6 Å². The van der Waals surface area contributed by atoms with Crippen LogP contribution in [0, 0.1) is 5.92 Å². The molecule has 0 aromatic heterocycles. The van der Waals surface area contributed by atoms with Gasteiger partial charge in [-0.1, -0.05) is 41.4 Å². The molecule has 7 heteroatoms. The Labute approximate surface area is 124 Å². The summed E-state index contributed by atoms with van der Waals surface area (Å²) in [7, 11) is 0. The number of amides is 2. The zero-order valence-electron chi connectivity index (χ0n) is 10.4. The first-order valence-corrected chi connectivity index (χ1v) is 6.73. The monoisotopic (exact) mass is 348 g/mol. The molecular weight excluding hydrogens is 336 g/mol. The standard InChI is InChI=1S/C12H14BrClN2O3/c1-6(2)10(11(17)18)16-12(19)15-9-5-7(13)3-4-8(9)14/h3-6,10H,1-2H3,(H,17,18)(H2,15,16,19)/t10-/m1/s1. The lowest BCUT2D eigenvalue weighted by Gasteiger charge is -2.18. The SMILES string of the molecule is CC(C)[C@@H](NC(=O)Nc1cc(Br)ccc1Cl)C(=O)O. The Balaban J connectivity index is 2.74. The molecule has 0 spiro atoms. The van der Waals surface area contributed by atoms with Gasteiger partial charge in [0.05, 0.1) is 10.7 Å². The molecule has 3 N–H and O–H groups in total. The molecule has 0 radical (unpaired) electrons. The Morgan fingerprint density at radius 1 is 1.37 bits per heavy atom. The van der Waals surface area contributed by atoms with Crippen LogP contribution in [0.2, 0.25) is 5.02 Å². The molecule has 1 rings (SSSR count). The molecule has 0 aliphatic rings. The van der Waals surface area contributed by atoms with Crippen molar-refractivity contribution in [1.82, 2.24) is 5.32 Å². The summed E-state index contributed by atoms with van der Waals surface area (Å²) in [5.74, 6) is -1.30. The third kappa shape index (κ3) is 4.72. The molecule has 0 unspecified atom stereocenters. The third-order valence-corrected chi connectivity index (χ3v) is 3.22. The maximum atomic E-state index is 11.7. The van der Waals surface area contributed by atoms with Gasteiger partial charge in [0, 0.05) is 4.47 Å². The van der Waals surface area contributed by atoms with Gasteiger partial charge in [0.1, 0.15) is 6.04 Å². The van der Waals surface area contributed by atoms with Crippen molar-refractivity contribution < 1.29 is 14.7 Å². The van der Waals surface area contributed by atoms with E-state index in [1.165, 1.54) is 0 Å². The van der Waals surface area contributed by atoms with Crippen LogP contribution < -0.4 is 10.6 Å². The molecule has 0 aliphatic heterocycles. The lowest BCUT2D eigenvalue weighted by atomic mass is 10.1. The predicted molar refractivity (Wildman–Crippen MR) is 77.6 cm³/mol. The van der Waals surface area contributed by atoms with Crippen LogP contribution in [0.15, 0.2) is 22.7 Å². The van der Waals surface area contributed by atoms with Gasteiger partial charge in [-0.15, -0.1) is 0 Å². The Morgan fingerprint density at radius 3 is 2.53 bits per heavy atom. The van der Waals surface area contributed by atoms with E-state index in [0.29, 0.717) is 10.7 Å². The molecule has 104 valence electrons. The van der Waals surface area contributed by atoms with E-state index in [-0.39, 0.29) is 5.92 Å². The number of benzene rings is 1. The predicted octanol–water partition coefficient (Wildman–Crippen LogP) is 3.33. The lowest BCUT2D eigenvalue weighted by Crippen LogP contribution is -2.46. The quantitative estimate of drug-likeness (QED) is 0.780. The molecule has 5 nitrogen and oxygen atoms in total. The smallest absolute Gasteiger partial charge is 0.326 e. The number of hydrogen-bond acceptors (Lipinski definition) is 2. The van der Waals surface area contributed by atoms with Gasteiger partial charge in [-0.05, 0) is 24.1 Å². The molecule has 0 heterocycles. The lowest BCUT2D eigenvalue weighted by molar-refractivity contribution is -0.140. The van der Waals surface area contributed by atoms with Crippen LogP contribution in [0.25, 0.3) is 0 Å². The summed E-state index contributed by atoms with van der Waals surface area (Å²) < 4.78 is 0.755. The number of anilines is 1. The summed E-state index contributed by atoms with van der Waals surface area (Å²) in [5, 5.41) is 14.3. The zero-order valence-corrected chi connectivity index (χ0v) is 12.7. The second-order valence-electron chi connectivity index (χ2n) is 4.28. The molecule has 0 saturated heterocycles. The summed E-state index contributed by atoms with van der Waals surface area (Å²) in [6, 6.07) is 3.43. The van der Waals surface area contributed by atoms with Crippen molar-refractivity contribution in [1.29, 1.82) is 0 Å². The number of carboxylic acids is 1. The van der Waals surface area contributed by atoms with Crippen molar-refractivity contribution >= 4 is 45.2 Å². The van der Waals surface area contributed by atoms with Gasteiger partial charge in [0.25, 0.3) is 0 Å². The fourth-order valence-corrected chi connectivity index (χ4v) is 1.93. The van der Waals surface area contributed by atoms with Crippen LogP contribution in [-0.4, -0.2) is 23.1 Å². The van der Waals surface area contributed by atoms with Crippen LogP contribution in [0.5, 0.6) is 0 Å². The number of halogens is 2. The highest BCUT2D eigenvalue weighted by molar-refractivity contribution is 9.10. The van der Waals surface area contributed by atoms with Crippen LogP contribution in [0.4, 0.5) is 10.5 Å². The average molecular weight is 350 g/mol. The topological polar surface area (TPSA) is 78.4 Å². The molecule has 0 aliphatic carbocycles. The van der Waals surface area contributed by atoms with Crippen LogP contribution in [0.3, 0.4) is 0 Å². The molecule has 2 amide bonds.